The van der Waals surface area contributed by atoms with Gasteiger partial charge in [0.1, 0.15) is 23.0 Å². The number of aryl methyl sites for hydroxylation is 1. The predicted molar refractivity (Wildman–Crippen MR) is 72.8 cm³/mol. The number of ether oxygens (including phenoxy) is 1. The summed E-state index contributed by atoms with van der Waals surface area (Å²) in [6.07, 6.45) is 0. The lowest BCUT2D eigenvalue weighted by atomic mass is 9.87. The third kappa shape index (κ3) is 2.51. The first-order valence-electron chi connectivity index (χ1n) is 6.19. The van der Waals surface area contributed by atoms with Crippen molar-refractivity contribution >= 4 is 0 Å². The number of hydrogen-bond donors (Lipinski definition) is 1. The first-order valence-corrected chi connectivity index (χ1v) is 6.19. The Morgan fingerprint density at radius 3 is 2.30 bits per heavy atom. The molecular formula is C16H16F2O2. The second-order valence-electron chi connectivity index (χ2n) is 4.88. The molecule has 0 fully saturated rings. The van der Waals surface area contributed by atoms with Gasteiger partial charge in [0, 0.05) is 11.6 Å². The summed E-state index contributed by atoms with van der Waals surface area (Å²) in [5, 5.41) is 10.6. The summed E-state index contributed by atoms with van der Waals surface area (Å²) in [5.41, 5.74) is -0.781. The van der Waals surface area contributed by atoms with E-state index in [2.05, 4.69) is 0 Å². The minimum absolute atomic E-state index is 0.0709. The highest BCUT2D eigenvalue weighted by atomic mass is 19.1. The molecule has 0 aliphatic carbocycles. The van der Waals surface area contributed by atoms with Crippen molar-refractivity contribution in [1.29, 1.82) is 0 Å². The van der Waals surface area contributed by atoms with Crippen molar-refractivity contribution in [1.82, 2.24) is 0 Å². The number of methoxy groups -OCH3 is 1. The third-order valence-electron chi connectivity index (χ3n) is 3.43. The van der Waals surface area contributed by atoms with E-state index in [0.29, 0.717) is 16.9 Å². The maximum Gasteiger partial charge on any atom is 0.133 e. The summed E-state index contributed by atoms with van der Waals surface area (Å²) in [4.78, 5) is 0. The molecule has 0 saturated carbocycles. The molecule has 2 aromatic carbocycles. The Hall–Kier alpha value is -1.94. The van der Waals surface area contributed by atoms with Crippen molar-refractivity contribution in [3.63, 3.8) is 0 Å². The number of halogens is 2. The molecule has 2 nitrogen and oxygen atoms in total. The van der Waals surface area contributed by atoms with E-state index in [1.165, 1.54) is 32.2 Å². The molecular weight excluding hydrogens is 262 g/mol. The van der Waals surface area contributed by atoms with Crippen LogP contribution in [-0.2, 0) is 5.60 Å². The second-order valence-corrected chi connectivity index (χ2v) is 4.88. The van der Waals surface area contributed by atoms with Gasteiger partial charge in [-0.15, -0.1) is 0 Å². The van der Waals surface area contributed by atoms with Crippen LogP contribution in [-0.4, -0.2) is 12.2 Å². The molecule has 0 bridgehead atoms. The number of hydrogen-bond acceptors (Lipinski definition) is 2. The Bertz CT molecular complexity index is 636. The lowest BCUT2D eigenvalue weighted by Gasteiger charge is -2.25. The quantitative estimate of drug-likeness (QED) is 0.930. The SMILES string of the molecule is COc1ccc(C(C)(O)c2ccc(C)c(F)c2)c(F)c1. The topological polar surface area (TPSA) is 29.5 Å². The Morgan fingerprint density at radius 2 is 1.75 bits per heavy atom. The van der Waals surface area contributed by atoms with Crippen molar-refractivity contribution in [2.24, 2.45) is 0 Å². The lowest BCUT2D eigenvalue weighted by Crippen LogP contribution is -2.24. The molecule has 0 aliphatic rings. The monoisotopic (exact) mass is 278 g/mol. The van der Waals surface area contributed by atoms with Crippen LogP contribution in [0.2, 0.25) is 0 Å². The minimum atomic E-state index is -1.62. The molecule has 1 unspecified atom stereocenters. The highest BCUT2D eigenvalue weighted by molar-refractivity contribution is 5.40. The molecule has 1 N–H and O–H groups in total. The van der Waals surface area contributed by atoms with Crippen molar-refractivity contribution in [3.8, 4) is 5.75 Å². The summed E-state index contributed by atoms with van der Waals surface area (Å²) < 4.78 is 32.6. The van der Waals surface area contributed by atoms with Crippen LogP contribution in [0.25, 0.3) is 0 Å². The van der Waals surface area contributed by atoms with Crippen molar-refractivity contribution in [3.05, 3.63) is 64.7 Å². The molecule has 106 valence electrons. The van der Waals surface area contributed by atoms with Gasteiger partial charge in [-0.1, -0.05) is 12.1 Å². The van der Waals surface area contributed by atoms with Gasteiger partial charge in [0.05, 0.1) is 7.11 Å². The van der Waals surface area contributed by atoms with E-state index >= 15 is 0 Å². The second kappa shape index (κ2) is 5.21. The first kappa shape index (κ1) is 14.5. The standard InChI is InChI=1S/C16H16F2O2/c1-10-4-5-11(8-14(10)17)16(2,19)13-7-6-12(20-3)9-15(13)18/h4-9,19H,1-3H3. The van der Waals surface area contributed by atoms with Gasteiger partial charge >= 0.3 is 0 Å². The van der Waals surface area contributed by atoms with Gasteiger partial charge in [0.25, 0.3) is 0 Å². The van der Waals surface area contributed by atoms with E-state index in [0.717, 1.165) is 0 Å². The van der Waals surface area contributed by atoms with Crippen LogP contribution in [0.1, 0.15) is 23.6 Å². The number of rotatable bonds is 3. The smallest absolute Gasteiger partial charge is 0.133 e. The average Bonchev–Trinajstić information content (AvgIpc) is 2.41. The van der Waals surface area contributed by atoms with Gasteiger partial charge in [-0.25, -0.2) is 8.78 Å². The largest absolute Gasteiger partial charge is 0.497 e. The maximum absolute atomic E-state index is 14.1. The normalized spacial score (nSPS) is 13.9. The predicted octanol–water partition coefficient (Wildman–Crippen LogP) is 3.54. The fourth-order valence-electron chi connectivity index (χ4n) is 2.07. The average molecular weight is 278 g/mol. The van der Waals surface area contributed by atoms with E-state index in [-0.39, 0.29) is 5.56 Å². The number of benzene rings is 2. The summed E-state index contributed by atoms with van der Waals surface area (Å²) in [6, 6.07) is 8.54. The van der Waals surface area contributed by atoms with Crippen LogP contribution in [0.4, 0.5) is 8.78 Å². The van der Waals surface area contributed by atoms with Crippen molar-refractivity contribution in [2.75, 3.05) is 7.11 Å². The first-order chi connectivity index (χ1) is 9.36. The molecule has 2 rings (SSSR count). The Balaban J connectivity index is 2.51. The molecule has 0 radical (unpaired) electrons. The highest BCUT2D eigenvalue weighted by Gasteiger charge is 2.29. The fourth-order valence-corrected chi connectivity index (χ4v) is 2.07. The summed E-state index contributed by atoms with van der Waals surface area (Å²) in [6.45, 7) is 3.06. The van der Waals surface area contributed by atoms with E-state index in [4.69, 9.17) is 4.74 Å². The van der Waals surface area contributed by atoms with Crippen molar-refractivity contribution < 1.29 is 18.6 Å². The third-order valence-corrected chi connectivity index (χ3v) is 3.43. The van der Waals surface area contributed by atoms with Gasteiger partial charge in [0.2, 0.25) is 0 Å². The zero-order chi connectivity index (χ0) is 14.9. The summed E-state index contributed by atoms with van der Waals surface area (Å²) >= 11 is 0. The Kier molecular flexibility index (Phi) is 3.77. The molecule has 0 saturated heterocycles. The Morgan fingerprint density at radius 1 is 1.05 bits per heavy atom. The van der Waals surface area contributed by atoms with E-state index in [1.54, 1.807) is 25.1 Å². The molecule has 20 heavy (non-hydrogen) atoms. The van der Waals surface area contributed by atoms with Crippen LogP contribution in [0.15, 0.2) is 36.4 Å². The van der Waals surface area contributed by atoms with Crippen LogP contribution in [0, 0.1) is 18.6 Å². The van der Waals surface area contributed by atoms with Gasteiger partial charge in [-0.2, -0.15) is 0 Å². The van der Waals surface area contributed by atoms with Crippen LogP contribution < -0.4 is 4.74 Å². The molecule has 0 spiro atoms. The van der Waals surface area contributed by atoms with Gasteiger partial charge in [-0.05, 0) is 43.2 Å². The maximum atomic E-state index is 14.1. The van der Waals surface area contributed by atoms with E-state index in [1.807, 2.05) is 0 Å². The lowest BCUT2D eigenvalue weighted by molar-refractivity contribution is 0.0974. The molecule has 0 aromatic heterocycles. The van der Waals surface area contributed by atoms with Gasteiger partial charge in [0.15, 0.2) is 0 Å². The molecule has 0 heterocycles. The summed E-state index contributed by atoms with van der Waals surface area (Å²) in [7, 11) is 1.43. The van der Waals surface area contributed by atoms with E-state index < -0.39 is 17.2 Å². The highest BCUT2D eigenvalue weighted by Crippen LogP contribution is 2.33. The molecule has 2 aromatic rings. The zero-order valence-electron chi connectivity index (χ0n) is 11.6. The molecule has 4 heteroatoms. The molecule has 1 atom stereocenters. The zero-order valence-corrected chi connectivity index (χ0v) is 11.6. The molecule has 0 aliphatic heterocycles. The van der Waals surface area contributed by atoms with Crippen LogP contribution in [0.3, 0.4) is 0 Å². The van der Waals surface area contributed by atoms with Gasteiger partial charge in [-0.3, -0.25) is 0 Å². The van der Waals surface area contributed by atoms with Crippen LogP contribution >= 0.6 is 0 Å². The van der Waals surface area contributed by atoms with Gasteiger partial charge < -0.3 is 9.84 Å². The van der Waals surface area contributed by atoms with Crippen LogP contribution in [0.5, 0.6) is 5.75 Å². The Labute approximate surface area is 116 Å². The fraction of sp³-hybridized carbons (Fsp3) is 0.250. The minimum Gasteiger partial charge on any atom is -0.497 e. The van der Waals surface area contributed by atoms with E-state index in [9.17, 15) is 13.9 Å². The number of aliphatic hydroxyl groups is 1. The molecule has 0 amide bonds. The summed E-state index contributed by atoms with van der Waals surface area (Å²) in [5.74, 6) is -0.677. The van der Waals surface area contributed by atoms with Crippen molar-refractivity contribution in [2.45, 2.75) is 19.4 Å².